The molecule has 6 nitrogen and oxygen atoms in total. The number of nitrogens with zero attached hydrogens (tertiary/aromatic N) is 4. The molecule has 20 heavy (non-hydrogen) atoms. The number of hydrogen-bond donors (Lipinski definition) is 1. The second-order valence-electron chi connectivity index (χ2n) is 4.31. The van der Waals surface area contributed by atoms with E-state index in [4.69, 9.17) is 4.74 Å². The Morgan fingerprint density at radius 3 is 2.60 bits per heavy atom. The van der Waals surface area contributed by atoms with Crippen LogP contribution in [0.15, 0.2) is 18.2 Å². The number of ether oxygens (including phenoxy) is 1. The third kappa shape index (κ3) is 3.40. The van der Waals surface area contributed by atoms with Crippen molar-refractivity contribution in [3.8, 4) is 17.4 Å². The second-order valence-corrected chi connectivity index (χ2v) is 4.31. The van der Waals surface area contributed by atoms with Crippen LogP contribution in [0.5, 0.6) is 5.88 Å². The fourth-order valence-electron chi connectivity index (χ4n) is 1.82. The number of aryl methyl sites for hydroxylation is 1. The molecule has 2 aromatic rings. The molecule has 0 radical (unpaired) electrons. The van der Waals surface area contributed by atoms with E-state index in [2.05, 4.69) is 32.4 Å². The molecule has 0 unspecified atom stereocenters. The molecule has 2 heterocycles. The van der Waals surface area contributed by atoms with Crippen LogP contribution in [0.3, 0.4) is 0 Å². The number of aromatic nitrogens is 4. The molecule has 106 valence electrons. The number of methoxy groups -OCH3 is 1. The van der Waals surface area contributed by atoms with Gasteiger partial charge in [-0.3, -0.25) is 0 Å². The highest BCUT2D eigenvalue weighted by Gasteiger charge is 2.08. The van der Waals surface area contributed by atoms with Crippen molar-refractivity contribution in [2.45, 2.75) is 26.7 Å². The van der Waals surface area contributed by atoms with Crippen molar-refractivity contribution in [1.29, 1.82) is 0 Å². The number of nitrogens with one attached hydrogen (secondary N) is 1. The lowest BCUT2D eigenvalue weighted by Gasteiger charge is -2.08. The summed E-state index contributed by atoms with van der Waals surface area (Å²) in [4.78, 5) is 9.00. The maximum absolute atomic E-state index is 5.00. The highest BCUT2D eigenvalue weighted by Crippen LogP contribution is 2.17. The molecule has 0 spiro atoms. The summed E-state index contributed by atoms with van der Waals surface area (Å²) in [6, 6.07) is 5.55. The highest BCUT2D eigenvalue weighted by molar-refractivity contribution is 5.52. The van der Waals surface area contributed by atoms with E-state index in [-0.39, 0.29) is 0 Å². The van der Waals surface area contributed by atoms with E-state index in [1.165, 1.54) is 0 Å². The van der Waals surface area contributed by atoms with Crippen molar-refractivity contribution in [2.75, 3.05) is 19.0 Å². The molecule has 0 aromatic carbocycles. The van der Waals surface area contributed by atoms with Gasteiger partial charge in [0.2, 0.25) is 5.88 Å². The Morgan fingerprint density at radius 1 is 1.15 bits per heavy atom. The SMILES string of the molecule is CCCc1cc(NCC)nc(-c2ccc(OC)nn2)n1. The Bertz CT molecular complexity index is 532. The summed E-state index contributed by atoms with van der Waals surface area (Å²) in [5, 5.41) is 11.3. The molecule has 0 aliphatic rings. The Balaban J connectivity index is 2.37. The third-order valence-corrected chi connectivity index (χ3v) is 2.72. The Kier molecular flexibility index (Phi) is 4.81. The minimum atomic E-state index is 0.477. The summed E-state index contributed by atoms with van der Waals surface area (Å²) in [7, 11) is 1.56. The molecule has 2 rings (SSSR count). The van der Waals surface area contributed by atoms with Gasteiger partial charge in [-0.05, 0) is 19.4 Å². The first-order valence-electron chi connectivity index (χ1n) is 6.76. The van der Waals surface area contributed by atoms with Crippen LogP contribution >= 0.6 is 0 Å². The minimum Gasteiger partial charge on any atom is -0.480 e. The van der Waals surface area contributed by atoms with Crippen molar-refractivity contribution in [3.05, 3.63) is 23.9 Å². The van der Waals surface area contributed by atoms with E-state index in [1.807, 2.05) is 19.1 Å². The lowest BCUT2D eigenvalue weighted by molar-refractivity contribution is 0.392. The van der Waals surface area contributed by atoms with Crippen LogP contribution in [0, 0.1) is 0 Å². The van der Waals surface area contributed by atoms with E-state index in [0.29, 0.717) is 17.4 Å². The standard InChI is InChI=1S/C14H19N5O/c1-4-6-10-9-12(15-5-2)17-14(16-10)11-7-8-13(20-3)19-18-11/h7-9H,4-6H2,1-3H3,(H,15,16,17). The molecule has 0 saturated carbocycles. The normalized spacial score (nSPS) is 10.3. The molecule has 0 amide bonds. The molecule has 0 bridgehead atoms. The summed E-state index contributed by atoms with van der Waals surface area (Å²) >= 11 is 0. The van der Waals surface area contributed by atoms with Gasteiger partial charge < -0.3 is 10.1 Å². The van der Waals surface area contributed by atoms with E-state index >= 15 is 0 Å². The second kappa shape index (κ2) is 6.79. The average Bonchev–Trinajstić information content (AvgIpc) is 2.48. The lowest BCUT2D eigenvalue weighted by atomic mass is 10.2. The van der Waals surface area contributed by atoms with E-state index in [9.17, 15) is 0 Å². The van der Waals surface area contributed by atoms with Crippen LogP contribution in [-0.4, -0.2) is 33.8 Å². The van der Waals surface area contributed by atoms with Crippen molar-refractivity contribution >= 4 is 5.82 Å². The number of hydrogen-bond acceptors (Lipinski definition) is 6. The summed E-state index contributed by atoms with van der Waals surface area (Å²) in [5.74, 6) is 1.88. The molecular weight excluding hydrogens is 254 g/mol. The zero-order valence-electron chi connectivity index (χ0n) is 12.1. The Labute approximate surface area is 118 Å². The molecule has 0 aliphatic heterocycles. The summed E-state index contributed by atoms with van der Waals surface area (Å²) in [6.07, 6.45) is 1.95. The molecule has 1 N–H and O–H groups in total. The van der Waals surface area contributed by atoms with Gasteiger partial charge in [-0.1, -0.05) is 13.3 Å². The van der Waals surface area contributed by atoms with Gasteiger partial charge in [-0.25, -0.2) is 9.97 Å². The van der Waals surface area contributed by atoms with Gasteiger partial charge in [0.15, 0.2) is 5.82 Å². The van der Waals surface area contributed by atoms with E-state index < -0.39 is 0 Å². The van der Waals surface area contributed by atoms with Gasteiger partial charge >= 0.3 is 0 Å². The van der Waals surface area contributed by atoms with Crippen molar-refractivity contribution in [2.24, 2.45) is 0 Å². The summed E-state index contributed by atoms with van der Waals surface area (Å²) in [5.41, 5.74) is 1.65. The van der Waals surface area contributed by atoms with Gasteiger partial charge in [-0.2, -0.15) is 0 Å². The predicted octanol–water partition coefficient (Wildman–Crippen LogP) is 2.33. The first kappa shape index (κ1) is 14.2. The van der Waals surface area contributed by atoms with Gasteiger partial charge in [0, 0.05) is 24.4 Å². The first-order chi connectivity index (χ1) is 9.76. The topological polar surface area (TPSA) is 72.8 Å². The van der Waals surface area contributed by atoms with Crippen molar-refractivity contribution < 1.29 is 4.74 Å². The van der Waals surface area contributed by atoms with E-state index in [0.717, 1.165) is 30.9 Å². The van der Waals surface area contributed by atoms with Gasteiger partial charge in [0.25, 0.3) is 0 Å². The minimum absolute atomic E-state index is 0.477. The van der Waals surface area contributed by atoms with Gasteiger partial charge in [-0.15, -0.1) is 10.2 Å². The summed E-state index contributed by atoms with van der Waals surface area (Å²) in [6.45, 7) is 4.98. The van der Waals surface area contributed by atoms with Crippen LogP contribution in [0.1, 0.15) is 26.0 Å². The molecular formula is C14H19N5O. The Morgan fingerprint density at radius 2 is 2.00 bits per heavy atom. The predicted molar refractivity (Wildman–Crippen MR) is 77.8 cm³/mol. The van der Waals surface area contributed by atoms with Crippen molar-refractivity contribution in [3.63, 3.8) is 0 Å². The van der Waals surface area contributed by atoms with Crippen LogP contribution in [0.25, 0.3) is 11.5 Å². The molecule has 0 fully saturated rings. The van der Waals surface area contributed by atoms with Crippen LogP contribution in [0.2, 0.25) is 0 Å². The zero-order chi connectivity index (χ0) is 14.4. The molecule has 0 aliphatic carbocycles. The van der Waals surface area contributed by atoms with Gasteiger partial charge in [0.05, 0.1) is 7.11 Å². The molecule has 2 aromatic heterocycles. The zero-order valence-corrected chi connectivity index (χ0v) is 12.1. The van der Waals surface area contributed by atoms with Gasteiger partial charge in [0.1, 0.15) is 11.5 Å². The van der Waals surface area contributed by atoms with Crippen LogP contribution in [-0.2, 0) is 6.42 Å². The highest BCUT2D eigenvalue weighted by atomic mass is 16.5. The lowest BCUT2D eigenvalue weighted by Crippen LogP contribution is -2.05. The number of rotatable bonds is 6. The fraction of sp³-hybridized carbons (Fsp3) is 0.429. The van der Waals surface area contributed by atoms with Crippen LogP contribution in [0.4, 0.5) is 5.82 Å². The average molecular weight is 273 g/mol. The molecule has 6 heteroatoms. The number of anilines is 1. The molecule has 0 saturated heterocycles. The van der Waals surface area contributed by atoms with Crippen LogP contribution < -0.4 is 10.1 Å². The Hall–Kier alpha value is -2.24. The monoisotopic (exact) mass is 273 g/mol. The summed E-state index contributed by atoms with van der Waals surface area (Å²) < 4.78 is 5.00. The maximum Gasteiger partial charge on any atom is 0.233 e. The first-order valence-corrected chi connectivity index (χ1v) is 6.76. The largest absolute Gasteiger partial charge is 0.480 e. The smallest absolute Gasteiger partial charge is 0.233 e. The molecule has 0 atom stereocenters. The fourth-order valence-corrected chi connectivity index (χ4v) is 1.82. The van der Waals surface area contributed by atoms with E-state index in [1.54, 1.807) is 13.2 Å². The van der Waals surface area contributed by atoms with Crippen molar-refractivity contribution in [1.82, 2.24) is 20.2 Å². The quantitative estimate of drug-likeness (QED) is 0.870. The third-order valence-electron chi connectivity index (χ3n) is 2.72. The maximum atomic E-state index is 5.00.